The van der Waals surface area contributed by atoms with Gasteiger partial charge in [0.1, 0.15) is 0 Å². The summed E-state index contributed by atoms with van der Waals surface area (Å²) >= 11 is 0. The summed E-state index contributed by atoms with van der Waals surface area (Å²) in [5.41, 5.74) is 6.30. The van der Waals surface area contributed by atoms with Crippen LogP contribution in [-0.2, 0) is 4.79 Å². The molecule has 3 aliphatic rings. The van der Waals surface area contributed by atoms with Crippen LogP contribution in [0.3, 0.4) is 0 Å². The minimum atomic E-state index is 0.263. The van der Waals surface area contributed by atoms with Gasteiger partial charge < -0.3 is 10.6 Å². The van der Waals surface area contributed by atoms with Gasteiger partial charge in [0.05, 0.1) is 0 Å². The molecule has 0 aliphatic heterocycles. The predicted molar refractivity (Wildman–Crippen MR) is 76.5 cm³/mol. The van der Waals surface area contributed by atoms with Gasteiger partial charge in [-0.05, 0) is 49.9 Å². The minimum Gasteiger partial charge on any atom is -0.346 e. The predicted octanol–water partition coefficient (Wildman–Crippen LogP) is 2.40. The van der Waals surface area contributed by atoms with E-state index < -0.39 is 0 Å². The van der Waals surface area contributed by atoms with Crippen LogP contribution < -0.4 is 5.73 Å². The maximum Gasteiger partial charge on any atom is 0.225 e. The summed E-state index contributed by atoms with van der Waals surface area (Å²) in [5, 5.41) is 0. The molecule has 2 bridgehead atoms. The normalized spacial score (nSPS) is 38.0. The quantitative estimate of drug-likeness (QED) is 0.847. The van der Waals surface area contributed by atoms with Gasteiger partial charge in [0.25, 0.3) is 0 Å². The van der Waals surface area contributed by atoms with E-state index in [4.69, 9.17) is 5.73 Å². The summed E-state index contributed by atoms with van der Waals surface area (Å²) in [7, 11) is 2.00. The molecule has 3 nitrogen and oxygen atoms in total. The van der Waals surface area contributed by atoms with Crippen LogP contribution in [-0.4, -0.2) is 30.4 Å². The van der Waals surface area contributed by atoms with Crippen molar-refractivity contribution < 1.29 is 4.79 Å². The van der Waals surface area contributed by atoms with Crippen molar-refractivity contribution in [2.45, 2.75) is 57.4 Å². The van der Waals surface area contributed by atoms with Gasteiger partial charge in [-0.3, -0.25) is 4.79 Å². The summed E-state index contributed by atoms with van der Waals surface area (Å²) < 4.78 is 0. The van der Waals surface area contributed by atoms with Gasteiger partial charge in [0.2, 0.25) is 5.91 Å². The Balaban J connectivity index is 1.54. The van der Waals surface area contributed by atoms with Crippen molar-refractivity contribution in [1.29, 1.82) is 0 Å². The first-order valence-corrected chi connectivity index (χ1v) is 8.15. The summed E-state index contributed by atoms with van der Waals surface area (Å²) in [5.74, 6) is 2.79. The Morgan fingerprint density at radius 1 is 1.16 bits per heavy atom. The van der Waals surface area contributed by atoms with Gasteiger partial charge in [0.15, 0.2) is 0 Å². The second-order valence-corrected chi connectivity index (χ2v) is 7.19. The first kappa shape index (κ1) is 13.4. The number of carbonyl (C=O) groups is 1. The molecule has 3 saturated carbocycles. The summed E-state index contributed by atoms with van der Waals surface area (Å²) in [6, 6.07) is 0.370. The van der Waals surface area contributed by atoms with Crippen molar-refractivity contribution in [1.82, 2.24) is 4.90 Å². The Morgan fingerprint density at radius 2 is 1.79 bits per heavy atom. The zero-order valence-electron chi connectivity index (χ0n) is 12.2. The van der Waals surface area contributed by atoms with Crippen LogP contribution in [0, 0.1) is 23.7 Å². The highest BCUT2D eigenvalue weighted by Crippen LogP contribution is 2.42. The molecule has 0 radical (unpaired) electrons. The number of nitrogens with zero attached hydrogens (tertiary/aromatic N) is 1. The Hall–Kier alpha value is -0.570. The summed E-state index contributed by atoms with van der Waals surface area (Å²) in [6.45, 7) is 0.960. The molecule has 0 aromatic heterocycles. The molecule has 0 aromatic rings. The first-order valence-electron chi connectivity index (χ1n) is 8.15. The zero-order chi connectivity index (χ0) is 13.4. The molecule has 1 amide bonds. The SMILES string of the molecule is CN(CCC1CC1)C(=O)C1CC2CCCC(C1)C2N. The fourth-order valence-electron chi connectivity index (χ4n) is 4.20. The Kier molecular flexibility index (Phi) is 3.84. The number of carbonyl (C=O) groups excluding carboxylic acids is 1. The molecule has 3 heteroatoms. The van der Waals surface area contributed by atoms with Gasteiger partial charge in [0, 0.05) is 25.6 Å². The van der Waals surface area contributed by atoms with Gasteiger partial charge in [-0.2, -0.15) is 0 Å². The second kappa shape index (κ2) is 5.43. The molecule has 108 valence electrons. The lowest BCUT2D eigenvalue weighted by atomic mass is 9.65. The van der Waals surface area contributed by atoms with Crippen LogP contribution in [0.15, 0.2) is 0 Å². The summed E-state index contributed by atoms with van der Waals surface area (Å²) in [6.07, 6.45) is 9.87. The minimum absolute atomic E-state index is 0.263. The fourth-order valence-corrected chi connectivity index (χ4v) is 4.20. The molecule has 3 rings (SSSR count). The Bertz CT molecular complexity index is 326. The molecular formula is C16H28N2O. The van der Waals surface area contributed by atoms with Crippen LogP contribution in [0.1, 0.15) is 51.4 Å². The molecular weight excluding hydrogens is 236 g/mol. The number of hydrogen-bond acceptors (Lipinski definition) is 2. The average Bonchev–Trinajstić information content (AvgIpc) is 3.18. The van der Waals surface area contributed by atoms with E-state index in [9.17, 15) is 4.79 Å². The van der Waals surface area contributed by atoms with Crippen molar-refractivity contribution >= 4 is 5.91 Å². The fraction of sp³-hybridized carbons (Fsp3) is 0.938. The van der Waals surface area contributed by atoms with Crippen molar-refractivity contribution in [2.24, 2.45) is 29.4 Å². The number of nitrogens with two attached hydrogens (primary N) is 1. The molecule has 0 aromatic carbocycles. The number of rotatable bonds is 4. The number of amides is 1. The lowest BCUT2D eigenvalue weighted by Gasteiger charge is -2.44. The van der Waals surface area contributed by atoms with Crippen LogP contribution in [0.5, 0.6) is 0 Å². The van der Waals surface area contributed by atoms with E-state index in [1.165, 1.54) is 38.5 Å². The largest absolute Gasteiger partial charge is 0.346 e. The average molecular weight is 264 g/mol. The Labute approximate surface area is 116 Å². The molecule has 19 heavy (non-hydrogen) atoms. The molecule has 0 heterocycles. The third-order valence-corrected chi connectivity index (χ3v) is 5.71. The van der Waals surface area contributed by atoms with Gasteiger partial charge in [-0.15, -0.1) is 0 Å². The number of hydrogen-bond donors (Lipinski definition) is 1. The first-order chi connectivity index (χ1) is 9.15. The standard InChI is InChI=1S/C16H28N2O/c1-18(8-7-11-5-6-11)16(19)14-9-12-3-2-4-13(10-14)15(12)17/h11-15H,2-10,17H2,1H3. The third kappa shape index (κ3) is 2.96. The smallest absolute Gasteiger partial charge is 0.225 e. The molecule has 2 unspecified atom stereocenters. The highest BCUT2D eigenvalue weighted by atomic mass is 16.2. The van der Waals surface area contributed by atoms with E-state index in [1.807, 2.05) is 11.9 Å². The van der Waals surface area contributed by atoms with E-state index in [-0.39, 0.29) is 5.92 Å². The zero-order valence-corrected chi connectivity index (χ0v) is 12.2. The van der Waals surface area contributed by atoms with Crippen LogP contribution in [0.2, 0.25) is 0 Å². The lowest BCUT2D eigenvalue weighted by molar-refractivity contribution is -0.137. The molecule has 0 spiro atoms. The monoisotopic (exact) mass is 264 g/mol. The third-order valence-electron chi connectivity index (χ3n) is 5.71. The maximum atomic E-state index is 12.6. The van der Waals surface area contributed by atoms with Crippen molar-refractivity contribution in [2.75, 3.05) is 13.6 Å². The molecule has 2 N–H and O–H groups in total. The van der Waals surface area contributed by atoms with E-state index in [2.05, 4.69) is 0 Å². The second-order valence-electron chi connectivity index (χ2n) is 7.19. The van der Waals surface area contributed by atoms with Crippen LogP contribution in [0.4, 0.5) is 0 Å². The van der Waals surface area contributed by atoms with Crippen molar-refractivity contribution in [3.8, 4) is 0 Å². The molecule has 3 aliphatic carbocycles. The molecule has 3 fully saturated rings. The number of fused-ring (bicyclic) bond motifs is 2. The molecule has 2 atom stereocenters. The van der Waals surface area contributed by atoms with E-state index in [0.717, 1.165) is 25.3 Å². The summed E-state index contributed by atoms with van der Waals surface area (Å²) in [4.78, 5) is 14.5. The lowest BCUT2D eigenvalue weighted by Crippen LogP contribution is -2.49. The van der Waals surface area contributed by atoms with E-state index >= 15 is 0 Å². The van der Waals surface area contributed by atoms with Crippen LogP contribution >= 0.6 is 0 Å². The van der Waals surface area contributed by atoms with Gasteiger partial charge in [-0.1, -0.05) is 19.3 Å². The highest BCUT2D eigenvalue weighted by molar-refractivity contribution is 5.78. The highest BCUT2D eigenvalue weighted by Gasteiger charge is 2.41. The van der Waals surface area contributed by atoms with Gasteiger partial charge >= 0.3 is 0 Å². The van der Waals surface area contributed by atoms with Crippen molar-refractivity contribution in [3.05, 3.63) is 0 Å². The van der Waals surface area contributed by atoms with Crippen molar-refractivity contribution in [3.63, 3.8) is 0 Å². The Morgan fingerprint density at radius 3 is 2.37 bits per heavy atom. The molecule has 0 saturated heterocycles. The van der Waals surface area contributed by atoms with E-state index in [1.54, 1.807) is 0 Å². The van der Waals surface area contributed by atoms with Crippen LogP contribution in [0.25, 0.3) is 0 Å². The maximum absolute atomic E-state index is 12.6. The van der Waals surface area contributed by atoms with Gasteiger partial charge in [-0.25, -0.2) is 0 Å². The topological polar surface area (TPSA) is 46.3 Å². The van der Waals surface area contributed by atoms with E-state index in [0.29, 0.717) is 23.8 Å².